The monoisotopic (exact) mass is 466 g/mol. The Balaban J connectivity index is 1.36. The quantitative estimate of drug-likeness (QED) is 0.465. The fraction of sp³-hybridized carbons (Fsp3) is 0.360. The van der Waals surface area contributed by atoms with Gasteiger partial charge in [0.15, 0.2) is 5.82 Å². The van der Waals surface area contributed by atoms with Crippen molar-refractivity contribution in [3.05, 3.63) is 66.2 Å². The number of rotatable bonds is 8. The third-order valence-corrected chi connectivity index (χ3v) is 7.70. The van der Waals surface area contributed by atoms with Gasteiger partial charge < -0.3 is 9.64 Å². The molecule has 0 unspecified atom stereocenters. The Bertz CT molecular complexity index is 1140. The van der Waals surface area contributed by atoms with Crippen molar-refractivity contribution in [2.24, 2.45) is 0 Å². The van der Waals surface area contributed by atoms with E-state index in [1.165, 1.54) is 9.87 Å². The molecule has 0 radical (unpaired) electrons. The molecule has 1 aliphatic rings. The largest absolute Gasteiger partial charge is 0.494 e. The zero-order chi connectivity index (χ0) is 23.3. The number of ether oxygens (including phenoxy) is 1. The lowest BCUT2D eigenvalue weighted by atomic mass is 10.1. The molecule has 0 bridgehead atoms. The molecule has 0 aliphatic carbocycles. The van der Waals surface area contributed by atoms with Crippen LogP contribution in [0.15, 0.2) is 65.6 Å². The van der Waals surface area contributed by atoms with Gasteiger partial charge in [0.25, 0.3) is 0 Å². The van der Waals surface area contributed by atoms with Gasteiger partial charge in [-0.05, 0) is 49.7 Å². The topological polar surface area (TPSA) is 75.6 Å². The minimum absolute atomic E-state index is 0.293. The summed E-state index contributed by atoms with van der Waals surface area (Å²) in [5.74, 6) is 1.45. The lowest BCUT2D eigenvalue weighted by molar-refractivity contribution is 0.309. The summed E-state index contributed by atoms with van der Waals surface area (Å²) in [7, 11) is -3.54. The Kier molecular flexibility index (Phi) is 7.25. The second-order valence-corrected chi connectivity index (χ2v) is 10.1. The minimum atomic E-state index is -3.54. The van der Waals surface area contributed by atoms with Crippen LogP contribution in [0.25, 0.3) is 11.3 Å². The van der Waals surface area contributed by atoms with E-state index in [1.54, 1.807) is 24.3 Å². The number of unbranched alkanes of at least 4 members (excludes halogenated alkanes) is 1. The first-order valence-electron chi connectivity index (χ1n) is 11.4. The molecule has 7 nitrogen and oxygen atoms in total. The molecule has 8 heteroatoms. The summed E-state index contributed by atoms with van der Waals surface area (Å²) in [6.07, 6.45) is 2.03. The molecule has 174 valence electrons. The molecule has 1 fully saturated rings. The summed E-state index contributed by atoms with van der Waals surface area (Å²) in [6.45, 7) is 6.73. The third-order valence-electron chi connectivity index (χ3n) is 5.79. The van der Waals surface area contributed by atoms with Crippen molar-refractivity contribution in [1.29, 1.82) is 0 Å². The maximum Gasteiger partial charge on any atom is 0.243 e. The van der Waals surface area contributed by atoms with Gasteiger partial charge in [0.05, 0.1) is 17.2 Å². The Morgan fingerprint density at radius 1 is 0.879 bits per heavy atom. The first-order valence-corrected chi connectivity index (χ1v) is 12.8. The van der Waals surface area contributed by atoms with Gasteiger partial charge >= 0.3 is 0 Å². The van der Waals surface area contributed by atoms with Crippen LogP contribution in [0.4, 0.5) is 5.82 Å². The Hall–Kier alpha value is -2.97. The highest BCUT2D eigenvalue weighted by Crippen LogP contribution is 2.23. The van der Waals surface area contributed by atoms with E-state index >= 15 is 0 Å². The van der Waals surface area contributed by atoms with E-state index in [9.17, 15) is 8.42 Å². The number of aryl methyl sites for hydroxylation is 1. The highest BCUT2D eigenvalue weighted by atomic mass is 32.2. The molecule has 33 heavy (non-hydrogen) atoms. The number of hydrogen-bond donors (Lipinski definition) is 0. The van der Waals surface area contributed by atoms with Crippen LogP contribution in [-0.4, -0.2) is 55.7 Å². The number of piperazine rings is 1. The Morgan fingerprint density at radius 3 is 2.18 bits per heavy atom. The van der Waals surface area contributed by atoms with Crippen LogP contribution in [0.2, 0.25) is 0 Å². The summed E-state index contributed by atoms with van der Waals surface area (Å²) in [4.78, 5) is 2.36. The van der Waals surface area contributed by atoms with Crippen LogP contribution < -0.4 is 9.64 Å². The van der Waals surface area contributed by atoms with Crippen molar-refractivity contribution in [2.45, 2.75) is 31.6 Å². The maximum absolute atomic E-state index is 13.1. The fourth-order valence-corrected chi connectivity index (χ4v) is 5.14. The molecule has 2 aromatic carbocycles. The molecular formula is C25H30N4O3S. The lowest BCUT2D eigenvalue weighted by Gasteiger charge is -2.34. The molecule has 3 aromatic rings. The van der Waals surface area contributed by atoms with Gasteiger partial charge in [-0.2, -0.15) is 4.31 Å². The fourth-order valence-electron chi connectivity index (χ4n) is 3.72. The van der Waals surface area contributed by atoms with Gasteiger partial charge in [-0.3, -0.25) is 0 Å². The average Bonchev–Trinajstić information content (AvgIpc) is 2.85. The van der Waals surface area contributed by atoms with Crippen molar-refractivity contribution in [2.75, 3.05) is 37.7 Å². The molecule has 1 aromatic heterocycles. The van der Waals surface area contributed by atoms with Crippen molar-refractivity contribution in [3.63, 3.8) is 0 Å². The molecule has 0 amide bonds. The highest BCUT2D eigenvalue weighted by molar-refractivity contribution is 7.89. The van der Waals surface area contributed by atoms with Crippen LogP contribution in [0.5, 0.6) is 5.75 Å². The minimum Gasteiger partial charge on any atom is -0.494 e. The number of aromatic nitrogens is 2. The zero-order valence-corrected chi connectivity index (χ0v) is 20.0. The number of sulfonamides is 1. The lowest BCUT2D eigenvalue weighted by Crippen LogP contribution is -2.48. The van der Waals surface area contributed by atoms with Gasteiger partial charge in [0.2, 0.25) is 10.0 Å². The zero-order valence-electron chi connectivity index (χ0n) is 19.1. The molecule has 1 saturated heterocycles. The van der Waals surface area contributed by atoms with Crippen molar-refractivity contribution in [1.82, 2.24) is 14.5 Å². The van der Waals surface area contributed by atoms with E-state index in [2.05, 4.69) is 41.1 Å². The summed E-state index contributed by atoms with van der Waals surface area (Å²) in [5.41, 5.74) is 3.05. The van der Waals surface area contributed by atoms with Gasteiger partial charge in [-0.25, -0.2) is 8.42 Å². The highest BCUT2D eigenvalue weighted by Gasteiger charge is 2.29. The van der Waals surface area contributed by atoms with Crippen molar-refractivity contribution < 1.29 is 13.2 Å². The number of anilines is 1. The smallest absolute Gasteiger partial charge is 0.243 e. The number of benzene rings is 2. The predicted octanol–water partition coefficient (Wildman–Crippen LogP) is 4.14. The molecule has 2 heterocycles. The molecular weight excluding hydrogens is 436 g/mol. The van der Waals surface area contributed by atoms with Crippen LogP contribution in [0, 0.1) is 6.92 Å². The van der Waals surface area contributed by atoms with Crippen molar-refractivity contribution in [3.8, 4) is 17.0 Å². The van der Waals surface area contributed by atoms with E-state index in [1.807, 2.05) is 24.3 Å². The third kappa shape index (κ3) is 5.51. The van der Waals surface area contributed by atoms with Crippen LogP contribution in [0.3, 0.4) is 0 Å². The summed E-state index contributed by atoms with van der Waals surface area (Å²) in [5, 5.41) is 8.75. The van der Waals surface area contributed by atoms with Gasteiger partial charge in [0.1, 0.15) is 5.75 Å². The number of hydrogen-bond acceptors (Lipinski definition) is 6. The Labute approximate surface area is 196 Å². The molecule has 0 saturated carbocycles. The van der Waals surface area contributed by atoms with E-state index in [0.29, 0.717) is 43.4 Å². The van der Waals surface area contributed by atoms with E-state index in [0.717, 1.165) is 29.9 Å². The molecule has 4 rings (SSSR count). The normalized spacial score (nSPS) is 14.9. The molecule has 1 aliphatic heterocycles. The van der Waals surface area contributed by atoms with Crippen LogP contribution in [-0.2, 0) is 10.0 Å². The maximum atomic E-state index is 13.1. The molecule has 0 atom stereocenters. The van der Waals surface area contributed by atoms with E-state index in [-0.39, 0.29) is 0 Å². The van der Waals surface area contributed by atoms with Crippen LogP contribution >= 0.6 is 0 Å². The summed E-state index contributed by atoms with van der Waals surface area (Å²) in [6, 6.07) is 18.8. The van der Waals surface area contributed by atoms with Gasteiger partial charge in [-0.1, -0.05) is 43.2 Å². The second kappa shape index (κ2) is 10.3. The second-order valence-electron chi connectivity index (χ2n) is 8.21. The van der Waals surface area contributed by atoms with Gasteiger partial charge in [-0.15, -0.1) is 10.2 Å². The number of nitrogens with zero attached hydrogens (tertiary/aromatic N) is 4. The molecule has 0 N–H and O–H groups in total. The Morgan fingerprint density at radius 2 is 1.58 bits per heavy atom. The first-order chi connectivity index (χ1) is 16.0. The van der Waals surface area contributed by atoms with E-state index in [4.69, 9.17) is 4.74 Å². The first kappa shape index (κ1) is 23.2. The summed E-state index contributed by atoms with van der Waals surface area (Å²) >= 11 is 0. The van der Waals surface area contributed by atoms with Crippen molar-refractivity contribution >= 4 is 15.8 Å². The SMILES string of the molecule is CCCCOc1ccc(S(=O)(=O)N2CCN(c3ccc(-c4ccc(C)cc4)nn3)CC2)cc1. The molecule has 0 spiro atoms. The summed E-state index contributed by atoms with van der Waals surface area (Å²) < 4.78 is 33.3. The van der Waals surface area contributed by atoms with E-state index < -0.39 is 10.0 Å². The van der Waals surface area contributed by atoms with Crippen LogP contribution in [0.1, 0.15) is 25.3 Å². The standard InChI is InChI=1S/C25H30N4O3S/c1-3-4-19-32-22-9-11-23(12-10-22)33(30,31)29-17-15-28(16-18-29)25-14-13-24(26-27-25)21-7-5-20(2)6-8-21/h5-14H,3-4,15-19H2,1-2H3. The van der Waals surface area contributed by atoms with Gasteiger partial charge in [0, 0.05) is 31.7 Å². The predicted molar refractivity (Wildman–Crippen MR) is 130 cm³/mol. The average molecular weight is 467 g/mol.